The zero-order valence-corrected chi connectivity index (χ0v) is 32.1. The number of rotatable bonds is 34. The van der Waals surface area contributed by atoms with Crippen LogP contribution in [0.5, 0.6) is 0 Å². The molecule has 0 amide bonds. The van der Waals surface area contributed by atoms with Crippen LogP contribution in [-0.2, 0) is 28.6 Å². The van der Waals surface area contributed by atoms with Gasteiger partial charge in [0.05, 0.1) is 34.4 Å². The van der Waals surface area contributed by atoms with Gasteiger partial charge in [0.15, 0.2) is 12.1 Å². The van der Waals surface area contributed by atoms with Crippen LogP contribution in [0.4, 0.5) is 0 Å². The van der Waals surface area contributed by atoms with Gasteiger partial charge in [-0.1, -0.05) is 115 Å². The Kier molecular flexibility index (Phi) is 31.1. The van der Waals surface area contributed by atoms with E-state index in [1.807, 2.05) is 21.1 Å². The summed E-state index contributed by atoms with van der Waals surface area (Å²) in [5.41, 5.74) is 0. The molecule has 0 bridgehead atoms. The Morgan fingerprint density at radius 1 is 0.612 bits per heavy atom. The predicted molar refractivity (Wildman–Crippen MR) is 201 cm³/mol. The highest BCUT2D eigenvalue weighted by Crippen LogP contribution is 2.13. The van der Waals surface area contributed by atoms with Gasteiger partial charge in [-0.25, -0.2) is 4.79 Å². The molecule has 0 aromatic rings. The van der Waals surface area contributed by atoms with E-state index in [1.165, 1.54) is 44.9 Å². The molecule has 0 radical (unpaired) electrons. The van der Waals surface area contributed by atoms with Gasteiger partial charge in [-0.05, 0) is 57.8 Å². The number of ether oxygens (including phenoxy) is 3. The number of carboxylic acids is 1. The number of hydrogen-bond donors (Lipinski definition) is 1. The summed E-state index contributed by atoms with van der Waals surface area (Å²) in [6, 6.07) is -0.616. The molecule has 0 heterocycles. The van der Waals surface area contributed by atoms with Gasteiger partial charge < -0.3 is 23.8 Å². The van der Waals surface area contributed by atoms with Crippen molar-refractivity contribution in [1.29, 1.82) is 0 Å². The highest BCUT2D eigenvalue weighted by Gasteiger charge is 2.31. The lowest BCUT2D eigenvalue weighted by Gasteiger charge is -2.31. The maximum absolute atomic E-state index is 12.6. The number of quaternary nitrogens is 1. The minimum Gasteiger partial charge on any atom is -0.477 e. The highest BCUT2D eigenvalue weighted by molar-refractivity contribution is 5.72. The maximum atomic E-state index is 12.6. The molecule has 1 N–H and O–H groups in total. The number of carboxylic acid groups (broad SMARTS) is 1. The number of carbonyl (C=O) groups excluding carboxylic acids is 2. The Hall–Kier alpha value is -2.45. The van der Waals surface area contributed by atoms with E-state index in [0.29, 0.717) is 19.3 Å². The number of nitrogens with zero attached hydrogens (tertiary/aromatic N) is 1. The molecule has 2 unspecified atom stereocenters. The van der Waals surface area contributed by atoms with Gasteiger partial charge in [-0.2, -0.15) is 0 Å². The molecule has 2 atom stereocenters. The number of carbonyl (C=O) groups is 3. The van der Waals surface area contributed by atoms with Crippen molar-refractivity contribution in [3.8, 4) is 0 Å². The van der Waals surface area contributed by atoms with Crippen LogP contribution >= 0.6 is 0 Å². The molecule has 0 aliphatic carbocycles. The Balaban J connectivity index is 4.45. The number of hydrogen-bond acceptors (Lipinski definition) is 6. The van der Waals surface area contributed by atoms with Crippen LogP contribution in [0.2, 0.25) is 0 Å². The van der Waals surface area contributed by atoms with E-state index in [0.717, 1.165) is 77.0 Å². The van der Waals surface area contributed by atoms with Crippen LogP contribution in [0.3, 0.4) is 0 Å². The minimum atomic E-state index is -0.880. The van der Waals surface area contributed by atoms with Crippen molar-refractivity contribution in [2.45, 2.75) is 167 Å². The summed E-state index contributed by atoms with van der Waals surface area (Å²) >= 11 is 0. The molecule has 0 saturated carbocycles. The van der Waals surface area contributed by atoms with Crippen molar-refractivity contribution < 1.29 is 38.2 Å². The average Bonchev–Trinajstić information content (AvgIpc) is 3.05. The van der Waals surface area contributed by atoms with Gasteiger partial charge in [-0.3, -0.25) is 9.59 Å². The van der Waals surface area contributed by atoms with Crippen LogP contribution in [0.1, 0.15) is 155 Å². The normalized spacial score (nSPS) is 13.4. The lowest BCUT2D eigenvalue weighted by Crippen LogP contribution is -2.50. The summed E-state index contributed by atoms with van der Waals surface area (Å²) in [5.74, 6) is -1.50. The van der Waals surface area contributed by atoms with Crippen molar-refractivity contribution >= 4 is 17.9 Å². The first-order valence-corrected chi connectivity index (χ1v) is 19.5. The van der Waals surface area contributed by atoms with Gasteiger partial charge in [-0.15, -0.1) is 0 Å². The number of unbranched alkanes of at least 4 members (excludes halogenated alkanes) is 14. The van der Waals surface area contributed by atoms with Gasteiger partial charge >= 0.3 is 17.9 Å². The van der Waals surface area contributed by atoms with E-state index in [-0.39, 0.29) is 36.2 Å². The monoisotopic (exact) mass is 693 g/mol. The van der Waals surface area contributed by atoms with Crippen molar-refractivity contribution in [2.75, 3.05) is 41.0 Å². The summed E-state index contributed by atoms with van der Waals surface area (Å²) in [4.78, 5) is 36.8. The van der Waals surface area contributed by atoms with Crippen molar-refractivity contribution in [3.63, 3.8) is 0 Å². The molecule has 8 heteroatoms. The van der Waals surface area contributed by atoms with E-state index in [4.69, 9.17) is 14.2 Å². The van der Waals surface area contributed by atoms with Crippen LogP contribution in [0.25, 0.3) is 0 Å². The molecule has 0 saturated heterocycles. The Morgan fingerprint density at radius 3 is 1.59 bits per heavy atom. The average molecular weight is 693 g/mol. The first kappa shape index (κ1) is 46.5. The predicted octanol–water partition coefficient (Wildman–Crippen LogP) is 9.91. The van der Waals surface area contributed by atoms with Crippen molar-refractivity contribution in [2.24, 2.45) is 0 Å². The lowest BCUT2D eigenvalue weighted by molar-refractivity contribution is -0.887. The Bertz CT molecular complexity index is 906. The molecule has 0 rings (SSSR count). The first-order chi connectivity index (χ1) is 23.6. The SMILES string of the molecule is CCCC/C=C\C/C=C\CCCCCCCC(=O)OC(COCCC(C(=O)O)[N+](C)(C)C)COC(=O)CCCCCCC/C=C\CCCC. The molecule has 284 valence electrons. The number of aliphatic carboxylic acids is 1. The molecular formula is C41H74NO7+. The smallest absolute Gasteiger partial charge is 0.362 e. The fourth-order valence-corrected chi connectivity index (χ4v) is 5.38. The van der Waals surface area contributed by atoms with Crippen LogP contribution < -0.4 is 0 Å². The molecule has 49 heavy (non-hydrogen) atoms. The molecular weight excluding hydrogens is 618 g/mol. The number of esters is 2. The molecule has 0 spiro atoms. The number of likely N-dealkylation sites (N-methyl/N-ethyl adjacent to an activating group) is 1. The topological polar surface area (TPSA) is 99.1 Å². The molecule has 0 fully saturated rings. The zero-order valence-electron chi connectivity index (χ0n) is 32.1. The molecule has 0 aromatic carbocycles. The second-order valence-electron chi connectivity index (χ2n) is 14.2. The van der Waals surface area contributed by atoms with E-state index in [2.05, 4.69) is 50.3 Å². The largest absolute Gasteiger partial charge is 0.477 e. The third-order valence-corrected chi connectivity index (χ3v) is 8.51. The summed E-state index contributed by atoms with van der Waals surface area (Å²) in [6.45, 7) is 4.61. The van der Waals surface area contributed by atoms with Gasteiger partial charge in [0.1, 0.15) is 6.61 Å². The second-order valence-corrected chi connectivity index (χ2v) is 14.2. The van der Waals surface area contributed by atoms with Crippen molar-refractivity contribution in [1.82, 2.24) is 0 Å². The highest BCUT2D eigenvalue weighted by atomic mass is 16.6. The Morgan fingerprint density at radius 2 is 1.08 bits per heavy atom. The lowest BCUT2D eigenvalue weighted by atomic mass is 10.1. The molecule has 0 aliphatic heterocycles. The van der Waals surface area contributed by atoms with Crippen LogP contribution in [-0.4, -0.2) is 80.6 Å². The summed E-state index contributed by atoms with van der Waals surface area (Å²) in [6.07, 6.45) is 34.7. The van der Waals surface area contributed by atoms with Gasteiger partial charge in [0.25, 0.3) is 0 Å². The van der Waals surface area contributed by atoms with Crippen LogP contribution in [0.15, 0.2) is 36.5 Å². The quantitative estimate of drug-likeness (QED) is 0.0310. The van der Waals surface area contributed by atoms with Gasteiger partial charge in [0.2, 0.25) is 0 Å². The molecule has 0 aliphatic rings. The third-order valence-electron chi connectivity index (χ3n) is 8.51. The zero-order chi connectivity index (χ0) is 36.4. The fourth-order valence-electron chi connectivity index (χ4n) is 5.38. The Labute approximate surface area is 300 Å². The molecule has 0 aromatic heterocycles. The van der Waals surface area contributed by atoms with Crippen molar-refractivity contribution in [3.05, 3.63) is 36.5 Å². The minimum absolute atomic E-state index is 0.0530. The van der Waals surface area contributed by atoms with E-state index >= 15 is 0 Å². The maximum Gasteiger partial charge on any atom is 0.362 e. The first-order valence-electron chi connectivity index (χ1n) is 19.5. The summed E-state index contributed by atoms with van der Waals surface area (Å²) < 4.78 is 17.2. The van der Waals surface area contributed by atoms with Crippen LogP contribution in [0, 0.1) is 0 Å². The van der Waals surface area contributed by atoms with Gasteiger partial charge in [0, 0.05) is 19.3 Å². The summed E-state index contributed by atoms with van der Waals surface area (Å²) in [7, 11) is 5.51. The van der Waals surface area contributed by atoms with E-state index < -0.39 is 18.1 Å². The molecule has 8 nitrogen and oxygen atoms in total. The van der Waals surface area contributed by atoms with E-state index in [1.54, 1.807) is 0 Å². The standard InChI is InChI=1S/C41H73NO7/c1-6-8-10-12-14-16-18-19-20-22-24-26-28-30-32-40(44)49-37(35-47-34-33-38(41(45)46)42(3,4)5)36-48-39(43)31-29-27-25-23-21-17-15-13-11-9-7-2/h12-15,18-19,37-38H,6-11,16-17,20-36H2,1-5H3/p+1/b14-12-,15-13-,19-18-. The second kappa shape index (κ2) is 32.7. The summed E-state index contributed by atoms with van der Waals surface area (Å²) in [5, 5.41) is 9.58. The van der Waals surface area contributed by atoms with E-state index in [9.17, 15) is 19.5 Å². The number of allylic oxidation sites excluding steroid dienone is 6. The third kappa shape index (κ3) is 31.3. The fraction of sp³-hybridized carbons (Fsp3) is 0.780.